The fraction of sp³-hybridized carbons (Fsp3) is 0.333. The van der Waals surface area contributed by atoms with Crippen molar-refractivity contribution in [1.29, 1.82) is 0 Å². The quantitative estimate of drug-likeness (QED) is 0.603. The van der Waals surface area contributed by atoms with Gasteiger partial charge in [-0.3, -0.25) is 4.79 Å². The van der Waals surface area contributed by atoms with Crippen LogP contribution in [0.15, 0.2) is 24.3 Å². The third kappa shape index (κ3) is 4.42. The van der Waals surface area contributed by atoms with Gasteiger partial charge in [-0.05, 0) is 31.2 Å². The van der Waals surface area contributed by atoms with E-state index in [-0.39, 0.29) is 5.56 Å². The lowest BCUT2D eigenvalue weighted by molar-refractivity contribution is -0.119. The third-order valence-corrected chi connectivity index (χ3v) is 2.35. The summed E-state index contributed by atoms with van der Waals surface area (Å²) in [7, 11) is 0. The highest BCUT2D eigenvalue weighted by Crippen LogP contribution is 2.11. The number of benzene rings is 1. The average Bonchev–Trinajstić information content (AvgIpc) is 2.34. The van der Waals surface area contributed by atoms with Gasteiger partial charge in [-0.1, -0.05) is 0 Å². The first-order valence-electron chi connectivity index (χ1n) is 5.49. The number of nitrogens with two attached hydrogens (primary N) is 1. The molecule has 0 saturated heterocycles. The number of amides is 1. The Labute approximate surface area is 105 Å². The minimum atomic E-state index is -0.974. The second-order valence-electron chi connectivity index (χ2n) is 3.76. The van der Waals surface area contributed by atoms with Gasteiger partial charge < -0.3 is 20.9 Å². The molecular formula is C12H16N2O4. The van der Waals surface area contributed by atoms with Crippen molar-refractivity contribution < 1.29 is 19.4 Å². The van der Waals surface area contributed by atoms with Crippen molar-refractivity contribution in [3.8, 4) is 5.75 Å². The van der Waals surface area contributed by atoms with Crippen LogP contribution in [0.5, 0.6) is 5.75 Å². The Hall–Kier alpha value is -2.08. The number of carbonyl (C=O) groups excluding carboxylic acids is 1. The molecule has 0 aliphatic carbocycles. The number of ether oxygens (including phenoxy) is 1. The number of hydrogen-bond acceptors (Lipinski definition) is 4. The molecule has 1 aromatic carbocycles. The maximum atomic E-state index is 10.7. The molecule has 98 valence electrons. The first-order chi connectivity index (χ1) is 8.50. The largest absolute Gasteiger partial charge is 0.492 e. The summed E-state index contributed by atoms with van der Waals surface area (Å²) in [6.07, 6.45) is 0. The van der Waals surface area contributed by atoms with Gasteiger partial charge in [-0.15, -0.1) is 0 Å². The monoisotopic (exact) mass is 252 g/mol. The van der Waals surface area contributed by atoms with Gasteiger partial charge in [0.25, 0.3) is 0 Å². The minimum absolute atomic E-state index is 0.211. The summed E-state index contributed by atoms with van der Waals surface area (Å²) >= 11 is 0. The van der Waals surface area contributed by atoms with E-state index in [2.05, 4.69) is 5.32 Å². The van der Waals surface area contributed by atoms with E-state index in [0.29, 0.717) is 18.9 Å². The molecule has 0 fully saturated rings. The summed E-state index contributed by atoms with van der Waals surface area (Å²) in [4.78, 5) is 21.3. The number of nitrogens with one attached hydrogen (secondary N) is 1. The van der Waals surface area contributed by atoms with Crippen molar-refractivity contribution in [2.24, 2.45) is 5.73 Å². The molecule has 0 aliphatic heterocycles. The van der Waals surface area contributed by atoms with Crippen molar-refractivity contribution in [3.05, 3.63) is 29.8 Å². The molecule has 6 nitrogen and oxygen atoms in total. The number of rotatable bonds is 7. The molecular weight excluding hydrogens is 236 g/mol. The highest BCUT2D eigenvalue weighted by atomic mass is 16.5. The van der Waals surface area contributed by atoms with Crippen LogP contribution in [-0.4, -0.2) is 36.2 Å². The number of carbonyl (C=O) groups is 2. The Bertz CT molecular complexity index is 417. The zero-order valence-corrected chi connectivity index (χ0v) is 10.1. The molecule has 4 N–H and O–H groups in total. The topological polar surface area (TPSA) is 102 Å². The van der Waals surface area contributed by atoms with Gasteiger partial charge in [-0.25, -0.2) is 4.79 Å². The maximum absolute atomic E-state index is 10.7. The molecule has 0 bridgehead atoms. The predicted molar refractivity (Wildman–Crippen MR) is 65.6 cm³/mol. The lowest BCUT2D eigenvalue weighted by Gasteiger charge is -2.10. The van der Waals surface area contributed by atoms with E-state index in [1.807, 2.05) is 0 Å². The van der Waals surface area contributed by atoms with Gasteiger partial charge in [0.1, 0.15) is 12.4 Å². The summed E-state index contributed by atoms with van der Waals surface area (Å²) in [6.45, 7) is 2.51. The Morgan fingerprint density at radius 3 is 2.50 bits per heavy atom. The van der Waals surface area contributed by atoms with Crippen LogP contribution in [0.25, 0.3) is 0 Å². The highest BCUT2D eigenvalue weighted by molar-refractivity contribution is 5.87. The second kappa shape index (κ2) is 6.61. The van der Waals surface area contributed by atoms with Crippen LogP contribution in [0, 0.1) is 0 Å². The van der Waals surface area contributed by atoms with E-state index >= 15 is 0 Å². The van der Waals surface area contributed by atoms with E-state index in [1.54, 1.807) is 19.1 Å². The van der Waals surface area contributed by atoms with Gasteiger partial charge in [0, 0.05) is 6.54 Å². The second-order valence-corrected chi connectivity index (χ2v) is 3.76. The van der Waals surface area contributed by atoms with Crippen LogP contribution >= 0.6 is 0 Å². The van der Waals surface area contributed by atoms with E-state index in [9.17, 15) is 9.59 Å². The number of hydrogen-bond donors (Lipinski definition) is 3. The van der Waals surface area contributed by atoms with Crippen LogP contribution in [0.4, 0.5) is 0 Å². The van der Waals surface area contributed by atoms with Gasteiger partial charge >= 0.3 is 5.97 Å². The summed E-state index contributed by atoms with van der Waals surface area (Å²) in [5.74, 6) is -0.812. The lowest BCUT2D eigenvalue weighted by Crippen LogP contribution is -2.40. The van der Waals surface area contributed by atoms with Gasteiger partial charge in [0.15, 0.2) is 0 Å². The Morgan fingerprint density at radius 2 is 2.00 bits per heavy atom. The molecule has 1 aromatic rings. The number of primary amides is 1. The zero-order chi connectivity index (χ0) is 13.5. The summed E-state index contributed by atoms with van der Waals surface area (Å²) < 4.78 is 5.36. The van der Waals surface area contributed by atoms with E-state index in [1.165, 1.54) is 12.1 Å². The fourth-order valence-corrected chi connectivity index (χ4v) is 1.24. The molecule has 1 atom stereocenters. The summed E-state index contributed by atoms with van der Waals surface area (Å²) in [6, 6.07) is 5.71. The van der Waals surface area contributed by atoms with Crippen LogP contribution in [0.2, 0.25) is 0 Å². The molecule has 6 heteroatoms. The number of carboxylic acids is 1. The van der Waals surface area contributed by atoms with Crippen molar-refractivity contribution in [2.45, 2.75) is 13.0 Å². The summed E-state index contributed by atoms with van der Waals surface area (Å²) in [5.41, 5.74) is 5.29. The average molecular weight is 252 g/mol. The van der Waals surface area contributed by atoms with Gasteiger partial charge in [-0.2, -0.15) is 0 Å². The molecule has 0 aromatic heterocycles. The molecule has 0 spiro atoms. The van der Waals surface area contributed by atoms with Crippen molar-refractivity contribution in [3.63, 3.8) is 0 Å². The van der Waals surface area contributed by atoms with Crippen molar-refractivity contribution >= 4 is 11.9 Å². The zero-order valence-electron chi connectivity index (χ0n) is 10.1. The Kier molecular flexibility index (Phi) is 5.13. The van der Waals surface area contributed by atoms with E-state index < -0.39 is 17.9 Å². The molecule has 1 unspecified atom stereocenters. The molecule has 1 amide bonds. The predicted octanol–water partition coefficient (Wildman–Crippen LogP) is 0.227. The van der Waals surface area contributed by atoms with Crippen LogP contribution < -0.4 is 15.8 Å². The number of carboxylic acid groups (broad SMARTS) is 1. The standard InChI is InChI=1S/C12H16N2O4/c1-8(11(13)15)14-6-7-18-10-4-2-9(3-5-10)12(16)17/h2-5,8,14H,6-7H2,1H3,(H2,13,15)(H,16,17). The molecule has 0 aliphatic rings. The molecule has 1 rings (SSSR count). The Morgan fingerprint density at radius 1 is 1.39 bits per heavy atom. The smallest absolute Gasteiger partial charge is 0.335 e. The normalized spacial score (nSPS) is 11.8. The van der Waals surface area contributed by atoms with Crippen LogP contribution in [0.1, 0.15) is 17.3 Å². The van der Waals surface area contributed by atoms with Crippen LogP contribution in [-0.2, 0) is 4.79 Å². The maximum Gasteiger partial charge on any atom is 0.335 e. The van der Waals surface area contributed by atoms with E-state index in [0.717, 1.165) is 0 Å². The minimum Gasteiger partial charge on any atom is -0.492 e. The highest BCUT2D eigenvalue weighted by Gasteiger charge is 2.06. The van der Waals surface area contributed by atoms with Gasteiger partial charge in [0.2, 0.25) is 5.91 Å². The molecule has 18 heavy (non-hydrogen) atoms. The fourth-order valence-electron chi connectivity index (χ4n) is 1.24. The third-order valence-electron chi connectivity index (χ3n) is 2.35. The molecule has 0 saturated carbocycles. The first kappa shape index (κ1) is 14.0. The van der Waals surface area contributed by atoms with Gasteiger partial charge in [0.05, 0.1) is 11.6 Å². The first-order valence-corrected chi connectivity index (χ1v) is 5.49. The van der Waals surface area contributed by atoms with Crippen molar-refractivity contribution in [1.82, 2.24) is 5.32 Å². The van der Waals surface area contributed by atoms with Crippen LogP contribution in [0.3, 0.4) is 0 Å². The molecule has 0 heterocycles. The number of aromatic carboxylic acids is 1. The SMILES string of the molecule is CC(NCCOc1ccc(C(=O)O)cc1)C(N)=O. The molecule has 0 radical (unpaired) electrons. The Balaban J connectivity index is 2.31. The lowest BCUT2D eigenvalue weighted by atomic mass is 10.2. The van der Waals surface area contributed by atoms with E-state index in [4.69, 9.17) is 15.6 Å². The van der Waals surface area contributed by atoms with Crippen molar-refractivity contribution in [2.75, 3.05) is 13.2 Å². The summed E-state index contributed by atoms with van der Waals surface area (Å²) in [5, 5.41) is 11.6.